The predicted molar refractivity (Wildman–Crippen MR) is 74.9 cm³/mol. The Balaban J connectivity index is 3.07. The molecule has 0 aromatic heterocycles. The average molecular weight is 340 g/mol. The van der Waals surface area contributed by atoms with Crippen molar-refractivity contribution in [3.63, 3.8) is 0 Å². The van der Waals surface area contributed by atoms with Gasteiger partial charge in [-0.3, -0.25) is 14.9 Å². The van der Waals surface area contributed by atoms with Gasteiger partial charge in [-0.2, -0.15) is 13.2 Å². The highest BCUT2D eigenvalue weighted by Gasteiger charge is 2.36. The van der Waals surface area contributed by atoms with Crippen molar-refractivity contribution in [3.8, 4) is 0 Å². The Kier molecular flexibility index (Phi) is 5.59. The molecule has 6 nitrogen and oxygen atoms in total. The van der Waals surface area contributed by atoms with E-state index in [0.717, 1.165) is 6.07 Å². The quantitative estimate of drug-likeness (QED) is 0.637. The Hall–Kier alpha value is -2.03. The Morgan fingerprint density at radius 1 is 1.41 bits per heavy atom. The Morgan fingerprint density at radius 3 is 2.45 bits per heavy atom. The molecule has 0 radical (unpaired) electrons. The second-order valence-corrected chi connectivity index (χ2v) is 5.09. The third kappa shape index (κ3) is 4.76. The maximum Gasteiger partial charge on any atom is 0.418 e. The van der Waals surface area contributed by atoms with E-state index in [1.165, 1.54) is 0 Å². The number of carbonyl (C=O) groups is 1. The van der Waals surface area contributed by atoms with Crippen LogP contribution in [0.5, 0.6) is 0 Å². The van der Waals surface area contributed by atoms with Crippen LogP contribution in [0.4, 0.5) is 24.5 Å². The summed E-state index contributed by atoms with van der Waals surface area (Å²) in [5.41, 5.74) is -2.38. The van der Waals surface area contributed by atoms with Crippen molar-refractivity contribution in [1.82, 2.24) is 5.32 Å². The Bertz CT molecular complexity index is 591. The van der Waals surface area contributed by atoms with E-state index >= 15 is 0 Å². The summed E-state index contributed by atoms with van der Waals surface area (Å²) in [5.74, 6) is -0.458. The minimum absolute atomic E-state index is 0.138. The highest BCUT2D eigenvalue weighted by Crippen LogP contribution is 2.40. The average Bonchev–Trinajstić information content (AvgIpc) is 2.33. The summed E-state index contributed by atoms with van der Waals surface area (Å²) in [6.07, 6.45) is -4.81. The first kappa shape index (κ1) is 18.0. The van der Waals surface area contributed by atoms with Crippen LogP contribution >= 0.6 is 11.6 Å². The molecular formula is C12H13ClF3N3O3. The maximum absolute atomic E-state index is 12.7. The van der Waals surface area contributed by atoms with Crippen molar-refractivity contribution < 1.29 is 22.9 Å². The molecule has 22 heavy (non-hydrogen) atoms. The summed E-state index contributed by atoms with van der Waals surface area (Å²) < 4.78 is 38.1. The van der Waals surface area contributed by atoms with Crippen LogP contribution in [0, 0.1) is 10.1 Å². The zero-order valence-electron chi connectivity index (χ0n) is 11.6. The minimum Gasteiger partial charge on any atom is -0.371 e. The van der Waals surface area contributed by atoms with Gasteiger partial charge in [0.1, 0.15) is 5.69 Å². The number of alkyl halides is 3. The molecule has 10 heteroatoms. The molecule has 1 aromatic rings. The highest BCUT2D eigenvalue weighted by molar-refractivity contribution is 6.31. The van der Waals surface area contributed by atoms with Gasteiger partial charge in [-0.05, 0) is 19.9 Å². The fraction of sp³-hybridized carbons (Fsp3) is 0.417. The first-order chi connectivity index (χ1) is 10.0. The molecule has 1 rings (SSSR count). The van der Waals surface area contributed by atoms with Crippen LogP contribution in [0.25, 0.3) is 0 Å². The van der Waals surface area contributed by atoms with Crippen molar-refractivity contribution in [3.05, 3.63) is 32.8 Å². The predicted octanol–water partition coefficient (Wildman–Crippen LogP) is 3.20. The standard InChI is InChI=1S/C12H13ClF3N3O3/c1-6(2)18-11(20)5-17-9-4-8(13)7(12(14,15)16)3-10(9)19(21)22/h3-4,6,17H,5H2,1-2H3,(H,18,20). The van der Waals surface area contributed by atoms with Crippen molar-refractivity contribution in [2.45, 2.75) is 26.1 Å². The first-order valence-electron chi connectivity index (χ1n) is 6.10. The summed E-state index contributed by atoms with van der Waals surface area (Å²) in [4.78, 5) is 21.4. The number of benzene rings is 1. The number of nitrogens with zero attached hydrogens (tertiary/aromatic N) is 1. The van der Waals surface area contributed by atoms with Crippen LogP contribution in [-0.2, 0) is 11.0 Å². The molecule has 0 aliphatic heterocycles. The third-order valence-electron chi connectivity index (χ3n) is 2.48. The summed E-state index contributed by atoms with van der Waals surface area (Å²) in [5, 5.41) is 15.1. The summed E-state index contributed by atoms with van der Waals surface area (Å²) >= 11 is 5.51. The zero-order valence-corrected chi connectivity index (χ0v) is 12.4. The number of nitro benzene ring substituents is 1. The van der Waals surface area contributed by atoms with Crippen molar-refractivity contribution in [2.75, 3.05) is 11.9 Å². The van der Waals surface area contributed by atoms with Crippen LogP contribution in [0.3, 0.4) is 0 Å². The van der Waals surface area contributed by atoms with Crippen LogP contribution in [-0.4, -0.2) is 23.4 Å². The van der Waals surface area contributed by atoms with Crippen LogP contribution < -0.4 is 10.6 Å². The number of halogens is 4. The Labute approximate surface area is 128 Å². The number of carbonyl (C=O) groups excluding carboxylic acids is 1. The second kappa shape index (κ2) is 6.82. The SMILES string of the molecule is CC(C)NC(=O)CNc1cc(Cl)c(C(F)(F)F)cc1[N+](=O)[O-]. The summed E-state index contributed by atoms with van der Waals surface area (Å²) in [7, 11) is 0. The Morgan fingerprint density at radius 2 is 2.00 bits per heavy atom. The number of hydrogen-bond donors (Lipinski definition) is 2. The van der Waals surface area contributed by atoms with Gasteiger partial charge in [-0.1, -0.05) is 11.6 Å². The molecule has 0 fully saturated rings. The topological polar surface area (TPSA) is 84.3 Å². The third-order valence-corrected chi connectivity index (χ3v) is 2.79. The summed E-state index contributed by atoms with van der Waals surface area (Å²) in [6.45, 7) is 3.10. The molecule has 0 aliphatic carbocycles. The molecule has 0 heterocycles. The van der Waals surface area contributed by atoms with Crippen molar-refractivity contribution in [1.29, 1.82) is 0 Å². The molecule has 0 unspecified atom stereocenters. The summed E-state index contributed by atoms with van der Waals surface area (Å²) in [6, 6.07) is 0.983. The van der Waals surface area contributed by atoms with E-state index in [9.17, 15) is 28.1 Å². The van der Waals surface area contributed by atoms with E-state index in [1.807, 2.05) is 0 Å². The zero-order chi connectivity index (χ0) is 17.1. The molecule has 1 amide bonds. The van der Waals surface area contributed by atoms with Gasteiger partial charge in [-0.25, -0.2) is 0 Å². The van der Waals surface area contributed by atoms with Gasteiger partial charge in [-0.15, -0.1) is 0 Å². The van der Waals surface area contributed by atoms with Crippen molar-refractivity contribution >= 4 is 28.9 Å². The van der Waals surface area contributed by atoms with Crippen LogP contribution in [0.2, 0.25) is 5.02 Å². The van der Waals surface area contributed by atoms with E-state index in [4.69, 9.17) is 11.6 Å². The van der Waals surface area contributed by atoms with Crippen LogP contribution in [0.1, 0.15) is 19.4 Å². The lowest BCUT2D eigenvalue weighted by molar-refractivity contribution is -0.384. The van der Waals surface area contributed by atoms with Gasteiger partial charge >= 0.3 is 6.18 Å². The number of nitrogens with one attached hydrogen (secondary N) is 2. The fourth-order valence-corrected chi connectivity index (χ4v) is 1.89. The van der Waals surface area contributed by atoms with Gasteiger partial charge in [0.15, 0.2) is 0 Å². The molecular weight excluding hydrogens is 327 g/mol. The number of anilines is 1. The van der Waals surface area contributed by atoms with E-state index in [1.54, 1.807) is 13.8 Å². The molecule has 0 saturated carbocycles. The largest absolute Gasteiger partial charge is 0.418 e. The molecule has 2 N–H and O–H groups in total. The lowest BCUT2D eigenvalue weighted by Gasteiger charge is -2.13. The monoisotopic (exact) mass is 339 g/mol. The van der Waals surface area contributed by atoms with Crippen LogP contribution in [0.15, 0.2) is 12.1 Å². The van der Waals surface area contributed by atoms with Crippen molar-refractivity contribution in [2.24, 2.45) is 0 Å². The lowest BCUT2D eigenvalue weighted by Crippen LogP contribution is -2.34. The molecule has 1 aromatic carbocycles. The molecule has 0 saturated heterocycles. The highest BCUT2D eigenvalue weighted by atomic mass is 35.5. The van der Waals surface area contributed by atoms with E-state index in [0.29, 0.717) is 6.07 Å². The molecule has 0 aliphatic rings. The lowest BCUT2D eigenvalue weighted by atomic mass is 10.1. The fourth-order valence-electron chi connectivity index (χ4n) is 1.62. The van der Waals surface area contributed by atoms with E-state index in [-0.39, 0.29) is 18.3 Å². The second-order valence-electron chi connectivity index (χ2n) is 4.68. The minimum atomic E-state index is -4.81. The number of nitro groups is 1. The van der Waals surface area contributed by atoms with Gasteiger partial charge in [0.05, 0.1) is 22.1 Å². The maximum atomic E-state index is 12.7. The van der Waals surface area contributed by atoms with E-state index in [2.05, 4.69) is 10.6 Å². The molecule has 122 valence electrons. The van der Waals surface area contributed by atoms with Gasteiger partial charge in [0.25, 0.3) is 5.69 Å². The number of amides is 1. The number of hydrogen-bond acceptors (Lipinski definition) is 4. The van der Waals surface area contributed by atoms with E-state index < -0.39 is 33.3 Å². The van der Waals surface area contributed by atoms with Gasteiger partial charge < -0.3 is 10.6 Å². The molecule has 0 atom stereocenters. The smallest absolute Gasteiger partial charge is 0.371 e. The first-order valence-corrected chi connectivity index (χ1v) is 6.48. The normalized spacial score (nSPS) is 11.4. The molecule has 0 spiro atoms. The molecule has 0 bridgehead atoms. The van der Waals surface area contributed by atoms with Gasteiger partial charge in [0, 0.05) is 12.1 Å². The number of rotatable bonds is 5. The van der Waals surface area contributed by atoms with Gasteiger partial charge in [0.2, 0.25) is 5.91 Å².